The minimum Gasteiger partial charge on any atom is -0.491 e. The van der Waals surface area contributed by atoms with Crippen molar-refractivity contribution in [3.63, 3.8) is 0 Å². The van der Waals surface area contributed by atoms with Gasteiger partial charge in [0.2, 0.25) is 0 Å². The average molecular weight is 313 g/mol. The fraction of sp³-hybridized carbons (Fsp3) is 0.625. The summed E-state index contributed by atoms with van der Waals surface area (Å²) < 4.78 is 5.60. The number of nitrogens with zero attached hydrogens (tertiary/aromatic N) is 1. The molecule has 1 heterocycles. The molecule has 0 amide bonds. The topological polar surface area (TPSA) is 44.7 Å². The third-order valence-electron chi connectivity index (χ3n) is 3.63. The zero-order chi connectivity index (χ0) is 15.2. The number of piperazine rings is 1. The van der Waals surface area contributed by atoms with E-state index in [-0.39, 0.29) is 6.10 Å². The summed E-state index contributed by atoms with van der Waals surface area (Å²) in [6, 6.07) is 5.52. The molecule has 0 aromatic heterocycles. The zero-order valence-corrected chi connectivity index (χ0v) is 13.6. The molecule has 0 bridgehead atoms. The first-order valence-corrected chi connectivity index (χ1v) is 8.01. The number of rotatable bonds is 6. The van der Waals surface area contributed by atoms with E-state index in [0.29, 0.717) is 11.4 Å². The normalized spacial score (nSPS) is 18.0. The zero-order valence-electron chi connectivity index (χ0n) is 12.8. The molecule has 1 aliphatic heterocycles. The van der Waals surface area contributed by atoms with Crippen molar-refractivity contribution in [3.05, 3.63) is 28.8 Å². The van der Waals surface area contributed by atoms with Crippen LogP contribution in [0.5, 0.6) is 5.75 Å². The van der Waals surface area contributed by atoms with Crippen molar-refractivity contribution < 1.29 is 9.84 Å². The maximum atomic E-state index is 10.3. The minimum atomic E-state index is -0.527. The number of hydrogen-bond donors (Lipinski definition) is 2. The van der Waals surface area contributed by atoms with Crippen molar-refractivity contribution in [2.75, 3.05) is 32.7 Å². The Morgan fingerprint density at radius 2 is 2.05 bits per heavy atom. The van der Waals surface area contributed by atoms with Crippen LogP contribution in [0, 0.1) is 0 Å². The van der Waals surface area contributed by atoms with Crippen LogP contribution in [0.3, 0.4) is 0 Å². The van der Waals surface area contributed by atoms with Gasteiger partial charge in [-0.3, -0.25) is 0 Å². The maximum Gasteiger partial charge on any atom is 0.121 e. The second kappa shape index (κ2) is 7.99. The van der Waals surface area contributed by atoms with Gasteiger partial charge < -0.3 is 20.1 Å². The lowest BCUT2D eigenvalue weighted by Gasteiger charge is -2.28. The van der Waals surface area contributed by atoms with Gasteiger partial charge in [-0.2, -0.15) is 0 Å². The average Bonchev–Trinajstić information content (AvgIpc) is 2.45. The van der Waals surface area contributed by atoms with Gasteiger partial charge in [-0.05, 0) is 38.0 Å². The molecule has 1 aromatic rings. The number of aliphatic hydroxyl groups is 1. The Balaban J connectivity index is 1.90. The fourth-order valence-electron chi connectivity index (χ4n) is 2.52. The van der Waals surface area contributed by atoms with E-state index in [1.807, 2.05) is 26.0 Å². The molecule has 1 fully saturated rings. The lowest BCUT2D eigenvalue weighted by atomic mass is 10.1. The summed E-state index contributed by atoms with van der Waals surface area (Å²) in [6.07, 6.45) is 0.287. The van der Waals surface area contributed by atoms with E-state index in [2.05, 4.69) is 10.2 Å². The van der Waals surface area contributed by atoms with Crippen molar-refractivity contribution >= 4 is 11.6 Å². The van der Waals surface area contributed by atoms with Crippen molar-refractivity contribution in [2.45, 2.75) is 32.5 Å². The summed E-state index contributed by atoms with van der Waals surface area (Å²) in [7, 11) is 0. The Morgan fingerprint density at radius 3 is 2.67 bits per heavy atom. The highest BCUT2D eigenvalue weighted by molar-refractivity contribution is 6.31. The van der Waals surface area contributed by atoms with E-state index in [0.717, 1.165) is 44.0 Å². The highest BCUT2D eigenvalue weighted by Gasteiger charge is 2.16. The Morgan fingerprint density at radius 1 is 1.33 bits per heavy atom. The monoisotopic (exact) mass is 312 g/mol. The van der Waals surface area contributed by atoms with Crippen molar-refractivity contribution in [1.29, 1.82) is 0 Å². The van der Waals surface area contributed by atoms with E-state index in [1.54, 1.807) is 6.07 Å². The SMILES string of the molecule is CC(C)Oc1ccc(C(O)CCN2CCNCC2)c(Cl)c1. The second-order valence-corrected chi connectivity index (χ2v) is 6.15. The molecular formula is C16H25ClN2O2. The van der Waals surface area contributed by atoms with Gasteiger partial charge in [0.05, 0.1) is 17.2 Å². The molecule has 0 spiro atoms. The van der Waals surface area contributed by atoms with Crippen LogP contribution in [0.2, 0.25) is 5.02 Å². The van der Waals surface area contributed by atoms with Crippen LogP contribution in [0.1, 0.15) is 31.9 Å². The molecule has 1 atom stereocenters. The van der Waals surface area contributed by atoms with Crippen LogP contribution in [0.15, 0.2) is 18.2 Å². The summed E-state index contributed by atoms with van der Waals surface area (Å²) in [4.78, 5) is 2.36. The van der Waals surface area contributed by atoms with Gasteiger partial charge >= 0.3 is 0 Å². The first-order valence-electron chi connectivity index (χ1n) is 7.63. The minimum absolute atomic E-state index is 0.115. The van der Waals surface area contributed by atoms with Gasteiger partial charge in [-0.1, -0.05) is 17.7 Å². The first kappa shape index (κ1) is 16.6. The molecule has 2 N–H and O–H groups in total. The maximum absolute atomic E-state index is 10.3. The first-order chi connectivity index (χ1) is 10.1. The van der Waals surface area contributed by atoms with E-state index in [9.17, 15) is 5.11 Å². The van der Waals surface area contributed by atoms with Gasteiger partial charge in [0, 0.05) is 32.7 Å². The second-order valence-electron chi connectivity index (χ2n) is 5.75. The van der Waals surface area contributed by atoms with E-state index >= 15 is 0 Å². The predicted octanol–water partition coefficient (Wildman–Crippen LogP) is 2.46. The largest absolute Gasteiger partial charge is 0.491 e. The summed E-state index contributed by atoms with van der Waals surface area (Å²) in [5.41, 5.74) is 0.780. The molecule has 0 saturated carbocycles. The van der Waals surface area contributed by atoms with Gasteiger partial charge in [-0.25, -0.2) is 0 Å². The third kappa shape index (κ3) is 5.15. The van der Waals surface area contributed by atoms with Crippen LogP contribution in [-0.2, 0) is 0 Å². The summed E-state index contributed by atoms with van der Waals surface area (Å²) in [5.74, 6) is 0.744. The Hall–Kier alpha value is -0.810. The number of aliphatic hydroxyl groups excluding tert-OH is 1. The van der Waals surface area contributed by atoms with Gasteiger partial charge in [0.15, 0.2) is 0 Å². The molecular weight excluding hydrogens is 288 g/mol. The molecule has 2 rings (SSSR count). The summed E-state index contributed by atoms with van der Waals surface area (Å²) in [5, 5.41) is 14.2. The number of halogens is 1. The molecule has 5 heteroatoms. The van der Waals surface area contributed by atoms with Gasteiger partial charge in [0.25, 0.3) is 0 Å². The predicted molar refractivity (Wildman–Crippen MR) is 86.1 cm³/mol. The molecule has 1 unspecified atom stereocenters. The summed E-state index contributed by atoms with van der Waals surface area (Å²) in [6.45, 7) is 8.98. The smallest absolute Gasteiger partial charge is 0.121 e. The van der Waals surface area contributed by atoms with Crippen LogP contribution in [0.4, 0.5) is 0 Å². The molecule has 0 aliphatic carbocycles. The molecule has 118 valence electrons. The lowest BCUT2D eigenvalue weighted by molar-refractivity contribution is 0.136. The van der Waals surface area contributed by atoms with Gasteiger partial charge in [-0.15, -0.1) is 0 Å². The lowest BCUT2D eigenvalue weighted by Crippen LogP contribution is -2.44. The third-order valence-corrected chi connectivity index (χ3v) is 3.96. The standard InChI is InChI=1S/C16H25ClN2O2/c1-12(2)21-13-3-4-14(15(17)11-13)16(20)5-8-19-9-6-18-7-10-19/h3-4,11-12,16,18,20H,5-10H2,1-2H3. The highest BCUT2D eigenvalue weighted by Crippen LogP contribution is 2.29. The number of hydrogen-bond acceptors (Lipinski definition) is 4. The Labute approximate surface area is 132 Å². The number of benzene rings is 1. The molecule has 4 nitrogen and oxygen atoms in total. The Bertz CT molecular complexity index is 448. The van der Waals surface area contributed by atoms with Crippen LogP contribution in [0.25, 0.3) is 0 Å². The molecule has 21 heavy (non-hydrogen) atoms. The van der Waals surface area contributed by atoms with E-state index < -0.39 is 6.10 Å². The fourth-order valence-corrected chi connectivity index (χ4v) is 2.82. The number of nitrogens with one attached hydrogen (secondary N) is 1. The van der Waals surface area contributed by atoms with Crippen molar-refractivity contribution in [1.82, 2.24) is 10.2 Å². The molecule has 1 aromatic carbocycles. The molecule has 0 radical (unpaired) electrons. The summed E-state index contributed by atoms with van der Waals surface area (Å²) >= 11 is 6.27. The molecule has 1 aliphatic rings. The van der Waals surface area contributed by atoms with E-state index in [4.69, 9.17) is 16.3 Å². The quantitative estimate of drug-likeness (QED) is 0.847. The van der Waals surface area contributed by atoms with Crippen LogP contribution < -0.4 is 10.1 Å². The Kier molecular flexibility index (Phi) is 6.30. The van der Waals surface area contributed by atoms with Gasteiger partial charge in [0.1, 0.15) is 5.75 Å². The van der Waals surface area contributed by atoms with Crippen LogP contribution >= 0.6 is 11.6 Å². The highest BCUT2D eigenvalue weighted by atomic mass is 35.5. The van der Waals surface area contributed by atoms with E-state index in [1.165, 1.54) is 0 Å². The molecule has 1 saturated heterocycles. The van der Waals surface area contributed by atoms with Crippen molar-refractivity contribution in [2.24, 2.45) is 0 Å². The van der Waals surface area contributed by atoms with Crippen molar-refractivity contribution in [3.8, 4) is 5.75 Å². The van der Waals surface area contributed by atoms with Crippen LogP contribution in [-0.4, -0.2) is 48.8 Å². The number of ether oxygens (including phenoxy) is 1.